The molecule has 1 amide bonds. The Morgan fingerprint density at radius 2 is 1.81 bits per heavy atom. The highest BCUT2D eigenvalue weighted by molar-refractivity contribution is 6.01. The maximum absolute atomic E-state index is 15.7. The minimum Gasteiger partial charge on any atom is -0.507 e. The number of nitrogens with zero attached hydrogens (tertiary/aromatic N) is 5. The van der Waals surface area contributed by atoms with Crippen LogP contribution in [0.1, 0.15) is 0 Å². The monoisotopic (exact) mass is 429 g/mol. The van der Waals surface area contributed by atoms with Gasteiger partial charge in [0.05, 0.1) is 10.9 Å². The summed E-state index contributed by atoms with van der Waals surface area (Å²) in [6, 6.07) is 10.8. The van der Waals surface area contributed by atoms with E-state index in [4.69, 9.17) is 0 Å². The van der Waals surface area contributed by atoms with Crippen LogP contribution in [0.25, 0.3) is 32.9 Å². The Balaban J connectivity index is 1.58. The molecule has 0 bridgehead atoms. The van der Waals surface area contributed by atoms with Gasteiger partial charge in [-0.15, -0.1) is 0 Å². The molecule has 32 heavy (non-hydrogen) atoms. The number of anilines is 1. The van der Waals surface area contributed by atoms with Crippen LogP contribution in [0.15, 0.2) is 61.6 Å². The van der Waals surface area contributed by atoms with Gasteiger partial charge in [-0.3, -0.25) is 9.78 Å². The topological polar surface area (TPSA) is 82.5 Å². The number of carbonyl (C=O) groups excluding carboxylic acids is 1. The van der Waals surface area contributed by atoms with Crippen LogP contribution in [-0.2, 0) is 4.79 Å². The molecule has 4 aromatic rings. The number of aromatic nitrogens is 3. The molecule has 0 unspecified atom stereocenters. The molecular formula is C24H20FN5O2. The van der Waals surface area contributed by atoms with Gasteiger partial charge in [-0.1, -0.05) is 36.9 Å². The van der Waals surface area contributed by atoms with Crippen LogP contribution in [0.2, 0.25) is 0 Å². The normalized spacial score (nSPS) is 14.2. The van der Waals surface area contributed by atoms with Crippen molar-refractivity contribution >= 4 is 33.4 Å². The zero-order valence-electron chi connectivity index (χ0n) is 17.2. The lowest BCUT2D eigenvalue weighted by atomic mass is 9.99. The molecule has 1 fully saturated rings. The molecule has 160 valence electrons. The van der Waals surface area contributed by atoms with Crippen molar-refractivity contribution in [1.29, 1.82) is 0 Å². The van der Waals surface area contributed by atoms with Gasteiger partial charge < -0.3 is 14.9 Å². The number of benzene rings is 2. The summed E-state index contributed by atoms with van der Waals surface area (Å²) in [5.74, 6) is -0.199. The molecule has 5 rings (SSSR count). The first-order valence-electron chi connectivity index (χ1n) is 10.2. The van der Waals surface area contributed by atoms with E-state index >= 15 is 4.39 Å². The van der Waals surface area contributed by atoms with Crippen molar-refractivity contribution in [3.8, 4) is 17.0 Å². The van der Waals surface area contributed by atoms with Crippen molar-refractivity contribution in [2.24, 2.45) is 0 Å². The molecule has 7 nitrogen and oxygen atoms in total. The van der Waals surface area contributed by atoms with Crippen molar-refractivity contribution in [2.75, 3.05) is 31.1 Å². The van der Waals surface area contributed by atoms with Gasteiger partial charge in [-0.2, -0.15) is 0 Å². The molecule has 2 aromatic heterocycles. The Morgan fingerprint density at radius 1 is 1.03 bits per heavy atom. The van der Waals surface area contributed by atoms with Gasteiger partial charge in [0.25, 0.3) is 0 Å². The van der Waals surface area contributed by atoms with Gasteiger partial charge in [-0.05, 0) is 22.9 Å². The van der Waals surface area contributed by atoms with Gasteiger partial charge in [0.1, 0.15) is 29.1 Å². The summed E-state index contributed by atoms with van der Waals surface area (Å²) < 4.78 is 15.7. The summed E-state index contributed by atoms with van der Waals surface area (Å²) in [6.07, 6.45) is 4.18. The molecule has 0 saturated carbocycles. The standard InChI is InChI=1S/C24H20FN5O2/c1-2-19(32)29-9-11-30(12-10-29)24-17-13-26-23(21(25)22(17)27-14-28-24)20-16-6-4-3-5-15(16)7-8-18(20)31/h2-8,13-14,31H,1,9-12H2. The second-order valence-electron chi connectivity index (χ2n) is 7.58. The van der Waals surface area contributed by atoms with Crippen molar-refractivity contribution in [1.82, 2.24) is 19.9 Å². The highest BCUT2D eigenvalue weighted by Crippen LogP contribution is 2.38. The van der Waals surface area contributed by atoms with E-state index in [-0.39, 0.29) is 22.9 Å². The molecule has 1 saturated heterocycles. The van der Waals surface area contributed by atoms with E-state index < -0.39 is 5.82 Å². The fraction of sp³-hybridized carbons (Fsp3) is 0.167. The number of pyridine rings is 1. The van der Waals surface area contributed by atoms with Crippen LogP contribution in [-0.4, -0.2) is 57.0 Å². The molecule has 3 heterocycles. The third-order valence-electron chi connectivity index (χ3n) is 5.81. The number of phenols is 1. The number of hydrogen-bond donors (Lipinski definition) is 1. The second kappa shape index (κ2) is 7.88. The van der Waals surface area contributed by atoms with E-state index in [0.29, 0.717) is 48.3 Å². The van der Waals surface area contributed by atoms with Crippen molar-refractivity contribution < 1.29 is 14.3 Å². The summed E-state index contributed by atoms with van der Waals surface area (Å²) >= 11 is 0. The molecule has 1 aliphatic rings. The van der Waals surface area contributed by atoms with E-state index in [1.165, 1.54) is 12.4 Å². The maximum atomic E-state index is 15.7. The number of halogens is 1. The number of fused-ring (bicyclic) bond motifs is 2. The van der Waals surface area contributed by atoms with Crippen molar-refractivity contribution in [3.63, 3.8) is 0 Å². The molecule has 1 aliphatic heterocycles. The SMILES string of the molecule is C=CC(=O)N1CCN(c2ncnc3c(F)c(-c4c(O)ccc5ccccc45)ncc23)CC1. The molecule has 8 heteroatoms. The van der Waals surface area contributed by atoms with E-state index in [2.05, 4.69) is 21.5 Å². The van der Waals surface area contributed by atoms with Gasteiger partial charge in [0.15, 0.2) is 5.82 Å². The van der Waals surface area contributed by atoms with E-state index in [0.717, 1.165) is 5.39 Å². The van der Waals surface area contributed by atoms with Crippen molar-refractivity contribution in [3.05, 3.63) is 67.4 Å². The summed E-state index contributed by atoms with van der Waals surface area (Å²) in [5, 5.41) is 12.6. The Hall–Kier alpha value is -4.07. The number of carbonyl (C=O) groups is 1. The Morgan fingerprint density at radius 3 is 2.59 bits per heavy atom. The summed E-state index contributed by atoms with van der Waals surface area (Å²) in [4.78, 5) is 28.5. The second-order valence-corrected chi connectivity index (χ2v) is 7.58. The van der Waals surface area contributed by atoms with Crippen LogP contribution in [0.5, 0.6) is 5.75 Å². The van der Waals surface area contributed by atoms with Gasteiger partial charge in [0.2, 0.25) is 5.91 Å². The lowest BCUT2D eigenvalue weighted by Gasteiger charge is -2.35. The van der Waals surface area contributed by atoms with Gasteiger partial charge in [-0.25, -0.2) is 14.4 Å². The number of aromatic hydroxyl groups is 1. The summed E-state index contributed by atoms with van der Waals surface area (Å²) in [6.45, 7) is 5.68. The van der Waals surface area contributed by atoms with Crippen LogP contribution < -0.4 is 4.90 Å². The average Bonchev–Trinajstić information content (AvgIpc) is 2.84. The number of piperazine rings is 1. The van der Waals surface area contributed by atoms with Crippen LogP contribution in [0.3, 0.4) is 0 Å². The average molecular weight is 429 g/mol. The van der Waals surface area contributed by atoms with Gasteiger partial charge >= 0.3 is 0 Å². The Bertz CT molecular complexity index is 1370. The Labute approximate surface area is 183 Å². The molecule has 0 radical (unpaired) electrons. The summed E-state index contributed by atoms with van der Waals surface area (Å²) in [7, 11) is 0. The fourth-order valence-electron chi connectivity index (χ4n) is 4.18. The van der Waals surface area contributed by atoms with E-state index in [9.17, 15) is 9.90 Å². The predicted molar refractivity (Wildman–Crippen MR) is 121 cm³/mol. The van der Waals surface area contributed by atoms with Crippen LogP contribution in [0, 0.1) is 5.82 Å². The minimum absolute atomic E-state index is 0.0397. The lowest BCUT2D eigenvalue weighted by molar-refractivity contribution is -0.126. The zero-order valence-corrected chi connectivity index (χ0v) is 17.2. The largest absolute Gasteiger partial charge is 0.507 e. The molecule has 0 atom stereocenters. The minimum atomic E-state index is -0.613. The quantitative estimate of drug-likeness (QED) is 0.502. The lowest BCUT2D eigenvalue weighted by Crippen LogP contribution is -2.48. The third-order valence-corrected chi connectivity index (χ3v) is 5.81. The summed E-state index contributed by atoms with van der Waals surface area (Å²) in [5.41, 5.74) is 0.508. The molecule has 1 N–H and O–H groups in total. The van der Waals surface area contributed by atoms with Crippen LogP contribution in [0.4, 0.5) is 10.2 Å². The highest BCUT2D eigenvalue weighted by atomic mass is 19.1. The zero-order chi connectivity index (χ0) is 22.2. The first-order valence-corrected chi connectivity index (χ1v) is 10.2. The predicted octanol–water partition coefficient (Wildman–Crippen LogP) is 3.52. The third kappa shape index (κ3) is 3.20. The first kappa shape index (κ1) is 19.9. The van der Waals surface area contributed by atoms with Crippen molar-refractivity contribution in [2.45, 2.75) is 0 Å². The molecule has 0 aliphatic carbocycles. The number of hydrogen-bond acceptors (Lipinski definition) is 6. The van der Waals surface area contributed by atoms with Crippen LogP contribution >= 0.6 is 0 Å². The van der Waals surface area contributed by atoms with E-state index in [1.807, 2.05) is 29.2 Å². The number of phenolic OH excluding ortho intramolecular Hbond substituents is 1. The number of amides is 1. The Kier molecular flexibility index (Phi) is 4.89. The van der Waals surface area contributed by atoms with E-state index in [1.54, 1.807) is 23.2 Å². The highest BCUT2D eigenvalue weighted by Gasteiger charge is 2.24. The molecular weight excluding hydrogens is 409 g/mol. The maximum Gasteiger partial charge on any atom is 0.246 e. The molecule has 2 aromatic carbocycles. The van der Waals surface area contributed by atoms with Gasteiger partial charge in [0, 0.05) is 32.4 Å². The molecule has 0 spiro atoms. The fourth-order valence-corrected chi connectivity index (χ4v) is 4.18. The number of rotatable bonds is 3. The smallest absolute Gasteiger partial charge is 0.246 e. The first-order chi connectivity index (χ1) is 15.6.